The highest BCUT2D eigenvalue weighted by Gasteiger charge is 2.00. The zero-order valence-electron chi connectivity index (χ0n) is 8.28. The Morgan fingerprint density at radius 3 is 2.31 bits per heavy atom. The summed E-state index contributed by atoms with van der Waals surface area (Å²) in [6.45, 7) is 0. The van der Waals surface area contributed by atoms with Gasteiger partial charge in [0.05, 0.1) is 13.5 Å². The summed E-state index contributed by atoms with van der Waals surface area (Å²) in [6, 6.07) is 0. The molecule has 0 atom stereocenters. The molecule has 76 valence electrons. The number of ether oxygens (including phenoxy) is 3. The van der Waals surface area contributed by atoms with E-state index in [2.05, 4.69) is 4.74 Å². The van der Waals surface area contributed by atoms with Crippen molar-refractivity contribution in [2.24, 2.45) is 0 Å². The van der Waals surface area contributed by atoms with E-state index in [0.717, 1.165) is 0 Å². The van der Waals surface area contributed by atoms with Crippen molar-refractivity contribution in [2.75, 3.05) is 21.3 Å². The van der Waals surface area contributed by atoms with Gasteiger partial charge < -0.3 is 14.2 Å². The third kappa shape index (κ3) is 6.31. The Morgan fingerprint density at radius 2 is 1.85 bits per heavy atom. The summed E-state index contributed by atoms with van der Waals surface area (Å²) in [5.41, 5.74) is 0. The smallest absolute Gasteiger partial charge is 0.309 e. The Labute approximate surface area is 78.5 Å². The van der Waals surface area contributed by atoms with Crippen LogP contribution in [0.2, 0.25) is 0 Å². The van der Waals surface area contributed by atoms with Crippen molar-refractivity contribution in [1.29, 1.82) is 0 Å². The van der Waals surface area contributed by atoms with Crippen LogP contribution in [-0.2, 0) is 19.0 Å². The Morgan fingerprint density at radius 1 is 1.23 bits per heavy atom. The fourth-order valence-corrected chi connectivity index (χ4v) is 0.759. The monoisotopic (exact) mass is 188 g/mol. The predicted octanol–water partition coefficient (Wildman–Crippen LogP) is 1.11. The van der Waals surface area contributed by atoms with Crippen LogP contribution in [0.25, 0.3) is 0 Å². The molecule has 0 spiro atoms. The van der Waals surface area contributed by atoms with Gasteiger partial charge in [-0.15, -0.1) is 0 Å². The molecule has 4 heteroatoms. The Balaban J connectivity index is 3.55. The molecule has 0 bridgehead atoms. The molecule has 0 amide bonds. The summed E-state index contributed by atoms with van der Waals surface area (Å²) in [6.07, 6.45) is 4.24. The molecule has 0 aliphatic carbocycles. The van der Waals surface area contributed by atoms with E-state index in [0.29, 0.717) is 6.42 Å². The van der Waals surface area contributed by atoms with E-state index in [1.807, 2.05) is 6.08 Å². The number of esters is 1. The Kier molecular flexibility index (Phi) is 7.24. The first-order chi connectivity index (χ1) is 6.24. The second-order valence-corrected chi connectivity index (χ2v) is 2.39. The van der Waals surface area contributed by atoms with Crippen LogP contribution in [-0.4, -0.2) is 33.6 Å². The fraction of sp³-hybridized carbons (Fsp3) is 0.667. The SMILES string of the molecule is COC(=O)C/C=C\CC(OC)OC. The first kappa shape index (κ1) is 12.1. The molecule has 0 aromatic carbocycles. The summed E-state index contributed by atoms with van der Waals surface area (Å²) >= 11 is 0. The number of hydrogen-bond donors (Lipinski definition) is 0. The lowest BCUT2D eigenvalue weighted by atomic mass is 10.3. The molecular formula is C9H16O4. The molecular weight excluding hydrogens is 172 g/mol. The molecule has 0 aromatic rings. The van der Waals surface area contributed by atoms with Gasteiger partial charge in [0.25, 0.3) is 0 Å². The first-order valence-electron chi connectivity index (χ1n) is 4.02. The molecule has 0 saturated carbocycles. The molecule has 4 nitrogen and oxygen atoms in total. The van der Waals surface area contributed by atoms with Crippen LogP contribution in [0.5, 0.6) is 0 Å². The van der Waals surface area contributed by atoms with Crippen molar-refractivity contribution < 1.29 is 19.0 Å². The van der Waals surface area contributed by atoms with Gasteiger partial charge >= 0.3 is 5.97 Å². The van der Waals surface area contributed by atoms with E-state index >= 15 is 0 Å². The summed E-state index contributed by atoms with van der Waals surface area (Å²) in [4.78, 5) is 10.7. The van der Waals surface area contributed by atoms with Crippen molar-refractivity contribution in [3.63, 3.8) is 0 Å². The molecule has 0 radical (unpaired) electrons. The molecule has 0 N–H and O–H groups in total. The lowest BCUT2D eigenvalue weighted by Crippen LogP contribution is -2.11. The van der Waals surface area contributed by atoms with Gasteiger partial charge in [-0.1, -0.05) is 12.2 Å². The zero-order chi connectivity index (χ0) is 10.1. The summed E-state index contributed by atoms with van der Waals surface area (Å²) < 4.78 is 14.3. The highest BCUT2D eigenvalue weighted by atomic mass is 16.7. The van der Waals surface area contributed by atoms with E-state index in [1.165, 1.54) is 7.11 Å². The number of hydrogen-bond acceptors (Lipinski definition) is 4. The first-order valence-corrected chi connectivity index (χ1v) is 4.02. The van der Waals surface area contributed by atoms with Crippen molar-refractivity contribution in [1.82, 2.24) is 0 Å². The van der Waals surface area contributed by atoms with E-state index in [9.17, 15) is 4.79 Å². The molecule has 0 fully saturated rings. The van der Waals surface area contributed by atoms with Gasteiger partial charge in [-0.3, -0.25) is 4.79 Å². The van der Waals surface area contributed by atoms with E-state index in [-0.39, 0.29) is 18.7 Å². The molecule has 13 heavy (non-hydrogen) atoms. The fourth-order valence-electron chi connectivity index (χ4n) is 0.759. The van der Waals surface area contributed by atoms with Gasteiger partial charge in [0.15, 0.2) is 6.29 Å². The molecule has 0 aromatic heterocycles. The topological polar surface area (TPSA) is 44.8 Å². The lowest BCUT2D eigenvalue weighted by molar-refractivity contribution is -0.139. The second kappa shape index (κ2) is 7.76. The lowest BCUT2D eigenvalue weighted by Gasteiger charge is -2.09. The average Bonchev–Trinajstić information content (AvgIpc) is 2.18. The highest BCUT2D eigenvalue weighted by Crippen LogP contribution is 1.99. The third-order valence-electron chi connectivity index (χ3n) is 1.53. The average molecular weight is 188 g/mol. The molecule has 0 saturated heterocycles. The highest BCUT2D eigenvalue weighted by molar-refractivity contribution is 5.70. The maximum atomic E-state index is 10.7. The van der Waals surface area contributed by atoms with Crippen LogP contribution in [0.3, 0.4) is 0 Å². The van der Waals surface area contributed by atoms with Crippen molar-refractivity contribution in [3.05, 3.63) is 12.2 Å². The second-order valence-electron chi connectivity index (χ2n) is 2.39. The Hall–Kier alpha value is -0.870. The van der Waals surface area contributed by atoms with E-state index in [4.69, 9.17) is 9.47 Å². The number of methoxy groups -OCH3 is 3. The standard InChI is InChI=1S/C9H16O4/c1-11-8(10)6-4-5-7-9(12-2)13-3/h4-5,9H,6-7H2,1-3H3/b5-4-. The van der Waals surface area contributed by atoms with Crippen molar-refractivity contribution in [2.45, 2.75) is 19.1 Å². The minimum Gasteiger partial charge on any atom is -0.469 e. The Bertz CT molecular complexity index is 161. The molecule has 0 aliphatic heterocycles. The van der Waals surface area contributed by atoms with E-state index in [1.54, 1.807) is 20.3 Å². The summed E-state index contributed by atoms with van der Waals surface area (Å²) in [5.74, 6) is -0.248. The van der Waals surface area contributed by atoms with Crippen molar-refractivity contribution in [3.8, 4) is 0 Å². The third-order valence-corrected chi connectivity index (χ3v) is 1.53. The summed E-state index contributed by atoms with van der Waals surface area (Å²) in [7, 11) is 4.51. The van der Waals surface area contributed by atoms with Gasteiger partial charge in [0.2, 0.25) is 0 Å². The van der Waals surface area contributed by atoms with Gasteiger partial charge in [-0.2, -0.15) is 0 Å². The van der Waals surface area contributed by atoms with Crippen LogP contribution in [0.15, 0.2) is 12.2 Å². The maximum Gasteiger partial charge on any atom is 0.309 e. The minimum atomic E-state index is -0.248. The quantitative estimate of drug-likeness (QED) is 0.356. The molecule has 0 aliphatic rings. The zero-order valence-corrected chi connectivity index (χ0v) is 8.28. The molecule has 0 rings (SSSR count). The van der Waals surface area contributed by atoms with Crippen molar-refractivity contribution >= 4 is 5.97 Å². The number of carbonyl (C=O) groups excluding carboxylic acids is 1. The number of carbonyl (C=O) groups is 1. The summed E-state index contributed by atoms with van der Waals surface area (Å²) in [5, 5.41) is 0. The van der Waals surface area contributed by atoms with E-state index < -0.39 is 0 Å². The van der Waals surface area contributed by atoms with Gasteiger partial charge in [0, 0.05) is 20.6 Å². The van der Waals surface area contributed by atoms with Crippen LogP contribution in [0.1, 0.15) is 12.8 Å². The number of rotatable bonds is 6. The maximum absolute atomic E-state index is 10.7. The molecule has 0 heterocycles. The predicted molar refractivity (Wildman–Crippen MR) is 48.2 cm³/mol. The van der Waals surface area contributed by atoms with Gasteiger partial charge in [-0.25, -0.2) is 0 Å². The largest absolute Gasteiger partial charge is 0.469 e. The van der Waals surface area contributed by atoms with Gasteiger partial charge in [0.1, 0.15) is 0 Å². The van der Waals surface area contributed by atoms with Gasteiger partial charge in [-0.05, 0) is 0 Å². The molecule has 0 unspecified atom stereocenters. The normalized spacial score (nSPS) is 11.1. The van der Waals surface area contributed by atoms with Crippen LogP contribution in [0.4, 0.5) is 0 Å². The van der Waals surface area contributed by atoms with Crippen LogP contribution in [0, 0.1) is 0 Å². The van der Waals surface area contributed by atoms with Crippen LogP contribution >= 0.6 is 0 Å². The van der Waals surface area contributed by atoms with Crippen LogP contribution < -0.4 is 0 Å². The minimum absolute atomic E-state index is 0.242.